The third-order valence-corrected chi connectivity index (χ3v) is 5.60. The number of methoxy groups -OCH3 is 2. The lowest BCUT2D eigenvalue weighted by Gasteiger charge is -2.28. The minimum Gasteiger partial charge on any atom is -0.493 e. The number of fused-ring (bicyclic) bond motifs is 1. The number of ether oxygens (including phenoxy) is 2. The third-order valence-electron chi connectivity index (χ3n) is 5.60. The van der Waals surface area contributed by atoms with Gasteiger partial charge in [-0.05, 0) is 41.5 Å². The number of anilines is 1. The molecule has 0 fully saturated rings. The van der Waals surface area contributed by atoms with Crippen molar-refractivity contribution >= 4 is 17.5 Å². The standard InChI is InChI=1S/C25H22F2N2O4/c1-32-22-10-7-15(11-23(22)33-2)21(29-14-16-5-3-4-6-18(16)25(29)31)13-24(30)28-17-8-9-19(26)20(27)12-17/h3-12,21H,13-14H2,1-2H3,(H,28,30). The zero-order valence-corrected chi connectivity index (χ0v) is 18.1. The van der Waals surface area contributed by atoms with Gasteiger partial charge in [0.2, 0.25) is 5.91 Å². The maximum Gasteiger partial charge on any atom is 0.255 e. The molecule has 2 amide bonds. The van der Waals surface area contributed by atoms with Crippen LogP contribution in [-0.2, 0) is 11.3 Å². The van der Waals surface area contributed by atoms with Gasteiger partial charge in [0, 0.05) is 23.9 Å². The molecule has 0 bridgehead atoms. The number of nitrogens with one attached hydrogen (secondary N) is 1. The Morgan fingerprint density at radius 1 is 1.00 bits per heavy atom. The highest BCUT2D eigenvalue weighted by Crippen LogP contribution is 2.37. The second-order valence-corrected chi connectivity index (χ2v) is 7.60. The maximum atomic E-state index is 13.6. The zero-order valence-electron chi connectivity index (χ0n) is 18.1. The fourth-order valence-corrected chi connectivity index (χ4v) is 3.96. The summed E-state index contributed by atoms with van der Waals surface area (Å²) >= 11 is 0. The molecule has 3 aromatic rings. The highest BCUT2D eigenvalue weighted by atomic mass is 19.2. The van der Waals surface area contributed by atoms with Crippen LogP contribution in [0.2, 0.25) is 0 Å². The smallest absolute Gasteiger partial charge is 0.255 e. The summed E-state index contributed by atoms with van der Waals surface area (Å²) in [7, 11) is 3.02. The summed E-state index contributed by atoms with van der Waals surface area (Å²) in [5.41, 5.74) is 2.26. The molecule has 8 heteroatoms. The highest BCUT2D eigenvalue weighted by Gasteiger charge is 2.35. The van der Waals surface area contributed by atoms with Crippen molar-refractivity contribution in [3.63, 3.8) is 0 Å². The molecule has 3 aromatic carbocycles. The molecule has 1 unspecified atom stereocenters. The first kappa shape index (κ1) is 22.3. The first-order valence-corrected chi connectivity index (χ1v) is 10.3. The first-order valence-electron chi connectivity index (χ1n) is 10.3. The number of nitrogens with zero attached hydrogens (tertiary/aromatic N) is 1. The highest BCUT2D eigenvalue weighted by molar-refractivity contribution is 5.99. The molecule has 0 spiro atoms. The van der Waals surface area contributed by atoms with Crippen LogP contribution in [0.5, 0.6) is 11.5 Å². The molecule has 0 radical (unpaired) electrons. The normalized spacial score (nSPS) is 13.5. The number of hydrogen-bond donors (Lipinski definition) is 1. The zero-order chi connectivity index (χ0) is 23.5. The maximum absolute atomic E-state index is 13.6. The first-order chi connectivity index (χ1) is 15.9. The molecule has 1 N–H and O–H groups in total. The Kier molecular flexibility index (Phi) is 6.26. The molecule has 33 heavy (non-hydrogen) atoms. The molecule has 4 rings (SSSR count). The SMILES string of the molecule is COc1ccc(C(CC(=O)Nc2ccc(F)c(F)c2)N2Cc3ccccc3C2=O)cc1OC. The molecule has 0 saturated carbocycles. The lowest BCUT2D eigenvalue weighted by molar-refractivity contribution is -0.117. The van der Waals surface area contributed by atoms with E-state index in [9.17, 15) is 18.4 Å². The number of carbonyl (C=O) groups is 2. The average Bonchev–Trinajstić information content (AvgIpc) is 3.15. The van der Waals surface area contributed by atoms with Crippen molar-refractivity contribution in [3.8, 4) is 11.5 Å². The van der Waals surface area contributed by atoms with Crippen LogP contribution in [0.3, 0.4) is 0 Å². The third kappa shape index (κ3) is 4.50. The Morgan fingerprint density at radius 3 is 2.45 bits per heavy atom. The van der Waals surface area contributed by atoms with E-state index in [4.69, 9.17) is 9.47 Å². The number of halogens is 2. The van der Waals surface area contributed by atoms with Crippen molar-refractivity contribution in [2.24, 2.45) is 0 Å². The molecule has 6 nitrogen and oxygen atoms in total. The van der Waals surface area contributed by atoms with E-state index in [0.29, 0.717) is 29.2 Å². The fraction of sp³-hybridized carbons (Fsp3) is 0.200. The monoisotopic (exact) mass is 452 g/mol. The van der Waals surface area contributed by atoms with E-state index in [-0.39, 0.29) is 18.0 Å². The molecule has 0 aliphatic carbocycles. The summed E-state index contributed by atoms with van der Waals surface area (Å²) in [6.45, 7) is 0.340. The van der Waals surface area contributed by atoms with Gasteiger partial charge in [0.05, 0.1) is 26.7 Å². The molecular weight excluding hydrogens is 430 g/mol. The largest absolute Gasteiger partial charge is 0.493 e. The van der Waals surface area contributed by atoms with Crippen LogP contribution < -0.4 is 14.8 Å². The van der Waals surface area contributed by atoms with Crippen LogP contribution in [0.15, 0.2) is 60.7 Å². The van der Waals surface area contributed by atoms with E-state index in [1.165, 1.54) is 20.3 Å². The van der Waals surface area contributed by atoms with Gasteiger partial charge >= 0.3 is 0 Å². The van der Waals surface area contributed by atoms with Gasteiger partial charge in [0.1, 0.15) is 0 Å². The molecule has 0 aromatic heterocycles. The Balaban J connectivity index is 1.65. The van der Waals surface area contributed by atoms with Crippen LogP contribution in [0.1, 0.15) is 33.9 Å². The Labute approximate surface area is 189 Å². The van der Waals surface area contributed by atoms with Gasteiger partial charge in [-0.15, -0.1) is 0 Å². The second-order valence-electron chi connectivity index (χ2n) is 7.60. The topological polar surface area (TPSA) is 67.9 Å². The lowest BCUT2D eigenvalue weighted by Crippen LogP contribution is -2.32. The van der Waals surface area contributed by atoms with Crippen molar-refractivity contribution in [3.05, 3.63) is 89.0 Å². The molecule has 1 aliphatic heterocycles. The molecule has 1 atom stereocenters. The molecular formula is C25H22F2N2O4. The molecule has 1 heterocycles. The van der Waals surface area contributed by atoms with E-state index in [2.05, 4.69) is 5.32 Å². The molecule has 1 aliphatic rings. The van der Waals surface area contributed by atoms with Crippen LogP contribution in [0.4, 0.5) is 14.5 Å². The van der Waals surface area contributed by atoms with Gasteiger partial charge in [0.15, 0.2) is 23.1 Å². The number of carbonyl (C=O) groups excluding carboxylic acids is 2. The van der Waals surface area contributed by atoms with Crippen molar-refractivity contribution in [1.29, 1.82) is 0 Å². The second kappa shape index (κ2) is 9.28. The summed E-state index contributed by atoms with van der Waals surface area (Å²) in [6.07, 6.45) is -0.103. The van der Waals surface area contributed by atoms with Gasteiger partial charge in [-0.25, -0.2) is 8.78 Å². The summed E-state index contributed by atoms with van der Waals surface area (Å²) < 4.78 is 37.5. The van der Waals surface area contributed by atoms with E-state index in [0.717, 1.165) is 17.7 Å². The molecule has 170 valence electrons. The predicted molar refractivity (Wildman–Crippen MR) is 118 cm³/mol. The van der Waals surface area contributed by atoms with Gasteiger partial charge in [-0.3, -0.25) is 9.59 Å². The quantitative estimate of drug-likeness (QED) is 0.564. The van der Waals surface area contributed by atoms with Crippen molar-refractivity contribution < 1.29 is 27.8 Å². The Bertz CT molecular complexity index is 1210. The van der Waals surface area contributed by atoms with Gasteiger partial charge < -0.3 is 19.7 Å². The number of benzene rings is 3. The summed E-state index contributed by atoms with van der Waals surface area (Å²) in [5.74, 6) is -1.73. The van der Waals surface area contributed by atoms with Crippen LogP contribution in [0.25, 0.3) is 0 Å². The fourth-order valence-electron chi connectivity index (χ4n) is 3.96. The van der Waals surface area contributed by atoms with E-state index < -0.39 is 23.6 Å². The van der Waals surface area contributed by atoms with Gasteiger partial charge in [0.25, 0.3) is 5.91 Å². The van der Waals surface area contributed by atoms with Crippen molar-refractivity contribution in [1.82, 2.24) is 4.90 Å². The summed E-state index contributed by atoms with van der Waals surface area (Å²) in [6, 6.07) is 15.0. The number of hydrogen-bond acceptors (Lipinski definition) is 4. The molecule has 0 saturated heterocycles. The minimum atomic E-state index is -1.06. The van der Waals surface area contributed by atoms with Crippen molar-refractivity contribution in [2.45, 2.75) is 19.0 Å². The Morgan fingerprint density at radius 2 is 1.76 bits per heavy atom. The van der Waals surface area contributed by atoms with E-state index in [1.54, 1.807) is 35.2 Å². The summed E-state index contributed by atoms with van der Waals surface area (Å²) in [5, 5.41) is 2.58. The van der Waals surface area contributed by atoms with E-state index in [1.807, 2.05) is 12.1 Å². The van der Waals surface area contributed by atoms with Gasteiger partial charge in [-0.1, -0.05) is 24.3 Å². The van der Waals surface area contributed by atoms with E-state index >= 15 is 0 Å². The lowest BCUT2D eigenvalue weighted by atomic mass is 10.0. The summed E-state index contributed by atoms with van der Waals surface area (Å²) in [4.78, 5) is 27.7. The van der Waals surface area contributed by atoms with Crippen LogP contribution in [0, 0.1) is 11.6 Å². The number of amides is 2. The average molecular weight is 452 g/mol. The Hall–Kier alpha value is -3.94. The van der Waals surface area contributed by atoms with Gasteiger partial charge in [-0.2, -0.15) is 0 Å². The number of rotatable bonds is 7. The predicted octanol–water partition coefficient (Wildman–Crippen LogP) is 4.71. The van der Waals surface area contributed by atoms with Crippen molar-refractivity contribution in [2.75, 3.05) is 19.5 Å². The van der Waals surface area contributed by atoms with Crippen LogP contribution in [-0.4, -0.2) is 30.9 Å². The van der Waals surface area contributed by atoms with Crippen LogP contribution >= 0.6 is 0 Å². The minimum absolute atomic E-state index is 0.103.